The fourth-order valence-corrected chi connectivity index (χ4v) is 3.77. The van der Waals surface area contributed by atoms with E-state index in [2.05, 4.69) is 47.6 Å². The summed E-state index contributed by atoms with van der Waals surface area (Å²) >= 11 is 0. The van der Waals surface area contributed by atoms with Crippen LogP contribution in [0, 0.1) is 0 Å². The number of hydrogen-bond acceptors (Lipinski definition) is 5. The van der Waals surface area contributed by atoms with Crippen LogP contribution in [0.4, 0.5) is 5.82 Å². The molecule has 0 bridgehead atoms. The van der Waals surface area contributed by atoms with Crippen molar-refractivity contribution in [3.05, 3.63) is 51.9 Å². The summed E-state index contributed by atoms with van der Waals surface area (Å²) in [5.74, 6) is 1.53. The van der Waals surface area contributed by atoms with Crippen LogP contribution >= 0.6 is 12.4 Å². The van der Waals surface area contributed by atoms with Crippen LogP contribution in [-0.4, -0.2) is 35.1 Å². The van der Waals surface area contributed by atoms with E-state index in [1.807, 2.05) is 6.20 Å². The molecule has 26 heavy (non-hydrogen) atoms. The van der Waals surface area contributed by atoms with Crippen LogP contribution in [0.1, 0.15) is 26.7 Å². The molecule has 1 unspecified atom stereocenters. The lowest BCUT2D eigenvalue weighted by atomic mass is 9.91. The van der Waals surface area contributed by atoms with Crippen LogP contribution in [0.5, 0.6) is 0 Å². The molecular formula is C19H24ClN4O2+. The van der Waals surface area contributed by atoms with Crippen molar-refractivity contribution in [3.8, 4) is 0 Å². The maximum Gasteiger partial charge on any atom is 0.335 e. The summed E-state index contributed by atoms with van der Waals surface area (Å²) in [7, 11) is 3.39. The Kier molecular flexibility index (Phi) is 4.92. The van der Waals surface area contributed by atoms with E-state index in [0.717, 1.165) is 40.7 Å². The Labute approximate surface area is 159 Å². The molecule has 0 aromatic carbocycles. The van der Waals surface area contributed by atoms with Crippen LogP contribution in [0.2, 0.25) is 0 Å². The fraction of sp³-hybridized carbons (Fsp3) is 0.368. The topological polar surface area (TPSA) is 56.3 Å². The number of halogens is 1. The molecule has 6 nitrogen and oxygen atoms in total. The number of nitrogens with one attached hydrogen (secondary N) is 1. The minimum absolute atomic E-state index is 0. The number of quaternary nitrogens is 1. The second-order valence-corrected chi connectivity index (χ2v) is 6.71. The van der Waals surface area contributed by atoms with Gasteiger partial charge < -0.3 is 10.1 Å². The highest BCUT2D eigenvalue weighted by atomic mass is 35.5. The lowest BCUT2D eigenvalue weighted by Gasteiger charge is -2.34. The maximum absolute atomic E-state index is 6.00. The van der Waals surface area contributed by atoms with E-state index < -0.39 is 0 Å². The van der Waals surface area contributed by atoms with E-state index in [9.17, 15) is 0 Å². The van der Waals surface area contributed by atoms with E-state index in [0.29, 0.717) is 0 Å². The number of hydroxylamine groups is 3. The first kappa shape index (κ1) is 18.6. The maximum atomic E-state index is 6.00. The van der Waals surface area contributed by atoms with E-state index >= 15 is 0 Å². The molecule has 3 aliphatic rings. The van der Waals surface area contributed by atoms with Crippen molar-refractivity contribution < 1.29 is 14.2 Å². The molecule has 4 rings (SSSR count). The van der Waals surface area contributed by atoms with Gasteiger partial charge in [-0.3, -0.25) is 0 Å². The number of aromatic nitrogens is 2. The van der Waals surface area contributed by atoms with Gasteiger partial charge >= 0.3 is 5.88 Å². The molecular weight excluding hydrogens is 352 g/mol. The Morgan fingerprint density at radius 2 is 2.08 bits per heavy atom. The summed E-state index contributed by atoms with van der Waals surface area (Å²) in [6.07, 6.45) is 12.3. The minimum Gasteiger partial charge on any atom is -0.452 e. The summed E-state index contributed by atoms with van der Waals surface area (Å²) in [5, 5.41) is 14.0. The monoisotopic (exact) mass is 375 g/mol. The summed E-state index contributed by atoms with van der Waals surface area (Å²) in [5.41, 5.74) is 3.50. The van der Waals surface area contributed by atoms with Gasteiger partial charge in [0.1, 0.15) is 0 Å². The molecule has 1 aliphatic carbocycles. The molecule has 0 saturated carbocycles. The Hall–Kier alpha value is -2.15. The molecule has 0 spiro atoms. The lowest BCUT2D eigenvalue weighted by Crippen LogP contribution is -2.42. The summed E-state index contributed by atoms with van der Waals surface area (Å²) < 4.78 is 5.83. The molecule has 1 N–H and O–H groups in total. The van der Waals surface area contributed by atoms with E-state index in [1.54, 1.807) is 20.4 Å². The quantitative estimate of drug-likeness (QED) is 0.817. The number of nitrogens with zero attached hydrogens (tertiary/aromatic N) is 3. The van der Waals surface area contributed by atoms with Gasteiger partial charge in [-0.05, 0) is 32.3 Å². The number of methoxy groups -OCH3 is 1. The first-order valence-corrected chi connectivity index (χ1v) is 8.57. The number of rotatable bonds is 4. The molecule has 0 saturated heterocycles. The van der Waals surface area contributed by atoms with Gasteiger partial charge in [0.25, 0.3) is 0 Å². The molecule has 1 atom stereocenters. The standard InChI is InChI=1S/C19H23N4O2.ClH/c1-12(2)21-19-17-14(10-20-22-19)11-23(25-4)16(24-3)9-13-7-5-6-8-15(13)18(17)23;/h6,8-12H,5,7H2,1-4H3,(H,21,22);1H/q+1;. The third-order valence-electron chi connectivity index (χ3n) is 4.78. The second kappa shape index (κ2) is 6.87. The van der Waals surface area contributed by atoms with E-state index in [1.165, 1.54) is 11.1 Å². The zero-order valence-corrected chi connectivity index (χ0v) is 16.3. The predicted octanol–water partition coefficient (Wildman–Crippen LogP) is 2.10. The van der Waals surface area contributed by atoms with Crippen LogP contribution in [0.3, 0.4) is 0 Å². The van der Waals surface area contributed by atoms with Crippen LogP contribution in [0.15, 0.2) is 41.5 Å². The molecule has 0 fully saturated rings. The summed E-state index contributed by atoms with van der Waals surface area (Å²) in [4.78, 5) is 6.00. The average molecular weight is 376 g/mol. The SMILES string of the molecule is COC1=CC2=C(C=CCC2)C2=c3c(NC(C)C)nncc3=C[N+]12OC.Cl. The Bertz CT molecular complexity index is 949. The predicted molar refractivity (Wildman–Crippen MR) is 103 cm³/mol. The fourth-order valence-electron chi connectivity index (χ4n) is 3.77. The molecule has 3 heterocycles. The number of fused-ring (bicyclic) bond motifs is 3. The Morgan fingerprint density at radius 3 is 2.77 bits per heavy atom. The highest BCUT2D eigenvalue weighted by molar-refractivity contribution is 5.85. The van der Waals surface area contributed by atoms with Gasteiger partial charge in [0.2, 0.25) is 0 Å². The van der Waals surface area contributed by atoms with E-state index in [4.69, 9.17) is 9.57 Å². The largest absolute Gasteiger partial charge is 0.452 e. The minimum atomic E-state index is 0. The zero-order valence-electron chi connectivity index (χ0n) is 15.4. The van der Waals surface area contributed by atoms with Gasteiger partial charge in [-0.2, -0.15) is 9.94 Å². The van der Waals surface area contributed by atoms with Crippen LogP contribution in [0.25, 0.3) is 11.9 Å². The van der Waals surface area contributed by atoms with Gasteiger partial charge in [-0.15, -0.1) is 17.5 Å². The zero-order chi connectivity index (χ0) is 17.6. The molecule has 0 radical (unpaired) electrons. The molecule has 1 aromatic heterocycles. The van der Waals surface area contributed by atoms with Gasteiger partial charge in [0.05, 0.1) is 30.9 Å². The van der Waals surface area contributed by atoms with Gasteiger partial charge in [0, 0.05) is 17.7 Å². The first-order valence-electron chi connectivity index (χ1n) is 8.57. The van der Waals surface area contributed by atoms with Gasteiger partial charge in [-0.1, -0.05) is 16.8 Å². The normalized spacial score (nSPS) is 22.8. The highest BCUT2D eigenvalue weighted by Crippen LogP contribution is 2.43. The molecule has 1 aromatic rings. The average Bonchev–Trinajstić information content (AvgIpc) is 2.97. The summed E-state index contributed by atoms with van der Waals surface area (Å²) in [6.45, 7) is 4.19. The van der Waals surface area contributed by atoms with Crippen LogP contribution in [-0.2, 0) is 9.57 Å². The smallest absolute Gasteiger partial charge is 0.335 e. The molecule has 2 aliphatic heterocycles. The van der Waals surface area contributed by atoms with Crippen molar-refractivity contribution in [3.63, 3.8) is 0 Å². The Balaban J connectivity index is 0.00000196. The van der Waals surface area contributed by atoms with Crippen molar-refractivity contribution in [1.82, 2.24) is 10.2 Å². The van der Waals surface area contributed by atoms with Gasteiger partial charge in [-0.25, -0.2) is 0 Å². The number of hydrogen-bond donors (Lipinski definition) is 1. The van der Waals surface area contributed by atoms with Crippen molar-refractivity contribution >= 4 is 30.1 Å². The first-order chi connectivity index (χ1) is 12.1. The molecule has 0 amide bonds. The summed E-state index contributed by atoms with van der Waals surface area (Å²) in [6, 6.07) is 0.253. The van der Waals surface area contributed by atoms with Crippen molar-refractivity contribution in [2.75, 3.05) is 19.5 Å². The second-order valence-electron chi connectivity index (χ2n) is 6.71. The number of anilines is 1. The van der Waals surface area contributed by atoms with Gasteiger partial charge in [0.15, 0.2) is 17.7 Å². The Morgan fingerprint density at radius 1 is 1.27 bits per heavy atom. The van der Waals surface area contributed by atoms with Crippen molar-refractivity contribution in [2.45, 2.75) is 32.7 Å². The number of ether oxygens (including phenoxy) is 1. The molecule has 7 heteroatoms. The molecule has 138 valence electrons. The highest BCUT2D eigenvalue weighted by Gasteiger charge is 2.49. The lowest BCUT2D eigenvalue weighted by molar-refractivity contribution is -0.962. The van der Waals surface area contributed by atoms with Crippen LogP contribution < -0.4 is 15.8 Å². The van der Waals surface area contributed by atoms with Crippen molar-refractivity contribution in [1.29, 1.82) is 0 Å². The third-order valence-corrected chi connectivity index (χ3v) is 4.78. The van der Waals surface area contributed by atoms with E-state index in [-0.39, 0.29) is 23.1 Å². The third kappa shape index (κ3) is 2.57. The number of allylic oxidation sites excluding steroid dienone is 3. The van der Waals surface area contributed by atoms with Crippen molar-refractivity contribution in [2.24, 2.45) is 0 Å².